The molecule has 0 aliphatic heterocycles. The Bertz CT molecular complexity index is 590. The van der Waals surface area contributed by atoms with Gasteiger partial charge in [0.25, 0.3) is 0 Å². The van der Waals surface area contributed by atoms with Crippen molar-refractivity contribution >= 4 is 33.3 Å². The maximum atomic E-state index is 4.58. The first kappa shape index (κ1) is 12.7. The normalized spacial score (nSPS) is 20.5. The van der Waals surface area contributed by atoms with Crippen molar-refractivity contribution < 1.29 is 0 Å². The van der Waals surface area contributed by atoms with Crippen LogP contribution in [0, 0.1) is 11.3 Å². The second-order valence-corrected chi connectivity index (χ2v) is 6.73. The molecule has 102 valence electrons. The number of nitrogens with one attached hydrogen (secondary N) is 2. The smallest absolute Gasteiger partial charge is 0.226 e. The molecule has 2 aromatic rings. The summed E-state index contributed by atoms with van der Waals surface area (Å²) in [5, 5.41) is 9.90. The fraction of sp³-hybridized carbons (Fsp3) is 0.571. The number of anilines is 2. The van der Waals surface area contributed by atoms with Crippen molar-refractivity contribution in [3.8, 4) is 0 Å². The lowest BCUT2D eigenvalue weighted by atomic mass is 10.1. The van der Waals surface area contributed by atoms with E-state index in [1.54, 1.807) is 11.3 Å². The zero-order chi connectivity index (χ0) is 13.5. The maximum Gasteiger partial charge on any atom is 0.226 e. The van der Waals surface area contributed by atoms with Gasteiger partial charge in [0.15, 0.2) is 0 Å². The Kier molecular flexibility index (Phi) is 3.09. The first-order chi connectivity index (χ1) is 9.10. The third-order valence-corrected chi connectivity index (χ3v) is 4.70. The van der Waals surface area contributed by atoms with Gasteiger partial charge in [-0.1, -0.05) is 13.8 Å². The van der Waals surface area contributed by atoms with Gasteiger partial charge < -0.3 is 10.6 Å². The average Bonchev–Trinajstić information content (AvgIpc) is 2.75. The van der Waals surface area contributed by atoms with E-state index in [1.807, 2.05) is 0 Å². The van der Waals surface area contributed by atoms with Crippen LogP contribution >= 0.6 is 11.3 Å². The number of hydrogen-bond acceptors (Lipinski definition) is 5. The summed E-state index contributed by atoms with van der Waals surface area (Å²) in [6.07, 6.45) is 1.30. The fourth-order valence-corrected chi connectivity index (χ4v) is 3.14. The van der Waals surface area contributed by atoms with Gasteiger partial charge in [0.05, 0.1) is 5.39 Å². The minimum Gasteiger partial charge on any atom is -0.369 e. The van der Waals surface area contributed by atoms with Crippen LogP contribution in [0.1, 0.15) is 27.2 Å². The Hall–Kier alpha value is -1.36. The number of nitrogens with zero attached hydrogens (tertiary/aromatic N) is 2. The van der Waals surface area contributed by atoms with E-state index >= 15 is 0 Å². The summed E-state index contributed by atoms with van der Waals surface area (Å²) in [5.74, 6) is 2.44. The fourth-order valence-electron chi connectivity index (χ4n) is 2.37. The molecule has 1 saturated carbocycles. The molecule has 0 bridgehead atoms. The maximum absolute atomic E-state index is 4.58. The number of thiophene rings is 1. The third kappa shape index (κ3) is 2.52. The average molecular weight is 276 g/mol. The molecule has 0 radical (unpaired) electrons. The summed E-state index contributed by atoms with van der Waals surface area (Å²) in [7, 11) is 0. The lowest BCUT2D eigenvalue weighted by Gasteiger charge is -2.10. The number of hydrogen-bond donors (Lipinski definition) is 2. The van der Waals surface area contributed by atoms with Crippen LogP contribution in [-0.2, 0) is 0 Å². The van der Waals surface area contributed by atoms with Gasteiger partial charge in [-0.05, 0) is 36.1 Å². The minimum absolute atomic E-state index is 0.498. The van der Waals surface area contributed by atoms with E-state index in [4.69, 9.17) is 0 Å². The Morgan fingerprint density at radius 2 is 2.16 bits per heavy atom. The van der Waals surface area contributed by atoms with Gasteiger partial charge in [0.2, 0.25) is 5.95 Å². The lowest BCUT2D eigenvalue weighted by Crippen LogP contribution is -2.10. The molecular formula is C14H20N4S. The molecule has 3 rings (SSSR count). The predicted molar refractivity (Wildman–Crippen MR) is 82.0 cm³/mol. The van der Waals surface area contributed by atoms with Crippen LogP contribution in [0.2, 0.25) is 0 Å². The highest BCUT2D eigenvalue weighted by atomic mass is 32.1. The molecule has 4 nitrogen and oxygen atoms in total. The van der Waals surface area contributed by atoms with Crippen molar-refractivity contribution in [2.24, 2.45) is 11.3 Å². The standard InChI is InChI=1S/C14H20N4S/c1-4-15-13-17-11(10-5-6-19-12(10)18-13)16-8-9-7-14(9,2)3/h5-6,9H,4,7-8H2,1-3H3,(H2,15,16,17,18). The largest absolute Gasteiger partial charge is 0.369 e. The van der Waals surface area contributed by atoms with Crippen LogP contribution in [0.5, 0.6) is 0 Å². The summed E-state index contributed by atoms with van der Waals surface area (Å²) in [4.78, 5) is 10.1. The van der Waals surface area contributed by atoms with Crippen LogP contribution in [0.25, 0.3) is 10.2 Å². The molecule has 2 N–H and O–H groups in total. The molecule has 0 spiro atoms. The van der Waals surface area contributed by atoms with Crippen molar-refractivity contribution in [3.05, 3.63) is 11.4 Å². The second-order valence-electron chi connectivity index (χ2n) is 5.84. The number of fused-ring (bicyclic) bond motifs is 1. The molecule has 19 heavy (non-hydrogen) atoms. The molecule has 1 unspecified atom stereocenters. The quantitative estimate of drug-likeness (QED) is 0.876. The highest BCUT2D eigenvalue weighted by Gasteiger charge is 2.45. The molecule has 1 atom stereocenters. The van der Waals surface area contributed by atoms with Crippen molar-refractivity contribution in [1.29, 1.82) is 0 Å². The molecule has 5 heteroatoms. The van der Waals surface area contributed by atoms with E-state index in [2.05, 4.69) is 52.8 Å². The highest BCUT2D eigenvalue weighted by Crippen LogP contribution is 2.51. The van der Waals surface area contributed by atoms with Crippen LogP contribution < -0.4 is 10.6 Å². The van der Waals surface area contributed by atoms with Gasteiger partial charge in [-0.25, -0.2) is 4.98 Å². The van der Waals surface area contributed by atoms with Crippen molar-refractivity contribution in [1.82, 2.24) is 9.97 Å². The van der Waals surface area contributed by atoms with E-state index in [1.165, 1.54) is 6.42 Å². The minimum atomic E-state index is 0.498. The van der Waals surface area contributed by atoms with Crippen molar-refractivity contribution in [2.75, 3.05) is 23.7 Å². The second kappa shape index (κ2) is 4.63. The SMILES string of the molecule is CCNc1nc(NCC2CC2(C)C)c2ccsc2n1. The van der Waals surface area contributed by atoms with Crippen LogP contribution in [0.3, 0.4) is 0 Å². The number of aromatic nitrogens is 2. The summed E-state index contributed by atoms with van der Waals surface area (Å²) in [5.41, 5.74) is 0.498. The van der Waals surface area contributed by atoms with Gasteiger partial charge in [-0.2, -0.15) is 4.98 Å². The molecule has 1 aliphatic carbocycles. The molecule has 0 saturated heterocycles. The Balaban J connectivity index is 1.82. The molecule has 1 aliphatic rings. The first-order valence-corrected chi connectivity index (χ1v) is 7.71. The van der Waals surface area contributed by atoms with Crippen LogP contribution in [-0.4, -0.2) is 23.1 Å². The molecule has 2 aromatic heterocycles. The van der Waals surface area contributed by atoms with E-state index in [9.17, 15) is 0 Å². The van der Waals surface area contributed by atoms with Crippen molar-refractivity contribution in [3.63, 3.8) is 0 Å². The zero-order valence-corrected chi connectivity index (χ0v) is 12.5. The number of rotatable bonds is 5. The van der Waals surface area contributed by atoms with E-state index in [-0.39, 0.29) is 0 Å². The summed E-state index contributed by atoms with van der Waals surface area (Å²) in [6, 6.07) is 2.09. The highest BCUT2D eigenvalue weighted by molar-refractivity contribution is 7.16. The van der Waals surface area contributed by atoms with E-state index < -0.39 is 0 Å². The van der Waals surface area contributed by atoms with Gasteiger partial charge in [0.1, 0.15) is 10.6 Å². The van der Waals surface area contributed by atoms with E-state index in [0.29, 0.717) is 5.41 Å². The third-order valence-electron chi connectivity index (χ3n) is 3.89. The van der Waals surface area contributed by atoms with Crippen LogP contribution in [0.4, 0.5) is 11.8 Å². The summed E-state index contributed by atoms with van der Waals surface area (Å²) >= 11 is 1.66. The zero-order valence-electron chi connectivity index (χ0n) is 11.7. The van der Waals surface area contributed by atoms with Gasteiger partial charge in [-0.15, -0.1) is 11.3 Å². The molecule has 2 heterocycles. The summed E-state index contributed by atoms with van der Waals surface area (Å²) < 4.78 is 0. The lowest BCUT2D eigenvalue weighted by molar-refractivity contribution is 0.573. The van der Waals surface area contributed by atoms with Gasteiger partial charge in [-0.3, -0.25) is 0 Å². The predicted octanol–water partition coefficient (Wildman–Crippen LogP) is 3.58. The van der Waals surface area contributed by atoms with Crippen LogP contribution in [0.15, 0.2) is 11.4 Å². The summed E-state index contributed by atoms with van der Waals surface area (Å²) in [6.45, 7) is 8.54. The Morgan fingerprint density at radius 1 is 1.37 bits per heavy atom. The van der Waals surface area contributed by atoms with Gasteiger partial charge >= 0.3 is 0 Å². The molecule has 0 aromatic carbocycles. The Morgan fingerprint density at radius 3 is 2.84 bits per heavy atom. The monoisotopic (exact) mass is 276 g/mol. The van der Waals surface area contributed by atoms with E-state index in [0.717, 1.165) is 41.0 Å². The molecule has 1 fully saturated rings. The topological polar surface area (TPSA) is 49.8 Å². The Labute approximate surface area is 117 Å². The first-order valence-electron chi connectivity index (χ1n) is 6.83. The molecule has 0 amide bonds. The van der Waals surface area contributed by atoms with Crippen molar-refractivity contribution in [2.45, 2.75) is 27.2 Å². The molecular weight excluding hydrogens is 256 g/mol. The van der Waals surface area contributed by atoms with Gasteiger partial charge in [0, 0.05) is 13.1 Å².